The van der Waals surface area contributed by atoms with E-state index in [4.69, 9.17) is 0 Å². The first-order valence-electron chi connectivity index (χ1n) is 11.6. The van der Waals surface area contributed by atoms with E-state index in [9.17, 15) is 20.4 Å². The van der Waals surface area contributed by atoms with Crippen LogP contribution < -0.4 is 0 Å². The average Bonchev–Trinajstić information content (AvgIpc) is 2.87. The van der Waals surface area contributed by atoms with Gasteiger partial charge in [0.1, 0.15) is 23.0 Å². The fourth-order valence-electron chi connectivity index (χ4n) is 4.59. The Kier molecular flexibility index (Phi) is 9.27. The van der Waals surface area contributed by atoms with Crippen LogP contribution in [0.3, 0.4) is 0 Å². The molecule has 192 valence electrons. The Bertz CT molecular complexity index is 1370. The molecule has 0 aliphatic carbocycles. The van der Waals surface area contributed by atoms with Crippen LogP contribution in [0, 0.1) is 0 Å². The Morgan fingerprint density at radius 2 is 0.946 bits per heavy atom. The van der Waals surface area contributed by atoms with Gasteiger partial charge in [-0.05, 0) is 136 Å². The summed E-state index contributed by atoms with van der Waals surface area (Å²) in [4.78, 5) is 0. The molecule has 4 aromatic rings. The third-order valence-corrected chi connectivity index (χ3v) is 9.05. The molecule has 0 bridgehead atoms. The number of para-hydroxylation sites is 1. The first-order chi connectivity index (χ1) is 17.7. The summed E-state index contributed by atoms with van der Waals surface area (Å²) in [7, 11) is 0. The number of hydrogen-bond donors (Lipinski definition) is 4. The highest BCUT2D eigenvalue weighted by Gasteiger charge is 2.22. The van der Waals surface area contributed by atoms with Gasteiger partial charge in [0.15, 0.2) is 0 Å². The van der Waals surface area contributed by atoms with Crippen molar-refractivity contribution in [3.63, 3.8) is 0 Å². The SMILES string of the molecule is Oc1ccc(C(CCCC(c2ccc(O)c(Br)c2)c2cccc(Br)c2O)c2ccc(O)c(Br)c2)cc1Br. The highest BCUT2D eigenvalue weighted by atomic mass is 79.9. The summed E-state index contributed by atoms with van der Waals surface area (Å²) < 4.78 is 2.48. The van der Waals surface area contributed by atoms with E-state index in [0.717, 1.165) is 41.5 Å². The van der Waals surface area contributed by atoms with Gasteiger partial charge in [0.2, 0.25) is 0 Å². The van der Waals surface area contributed by atoms with Crippen molar-refractivity contribution in [2.75, 3.05) is 0 Å². The third-order valence-electron chi connectivity index (χ3n) is 6.50. The van der Waals surface area contributed by atoms with Crippen LogP contribution in [0.4, 0.5) is 0 Å². The van der Waals surface area contributed by atoms with Crippen molar-refractivity contribution in [3.05, 3.63) is 113 Å². The van der Waals surface area contributed by atoms with Crippen LogP contribution >= 0.6 is 63.7 Å². The lowest BCUT2D eigenvalue weighted by Crippen LogP contribution is -2.06. The van der Waals surface area contributed by atoms with Crippen LogP contribution in [-0.4, -0.2) is 20.4 Å². The van der Waals surface area contributed by atoms with Gasteiger partial charge >= 0.3 is 0 Å². The zero-order chi connectivity index (χ0) is 26.7. The number of hydrogen-bond acceptors (Lipinski definition) is 4. The quantitative estimate of drug-likeness (QED) is 0.144. The van der Waals surface area contributed by atoms with E-state index in [0.29, 0.717) is 17.9 Å². The largest absolute Gasteiger partial charge is 0.507 e. The normalized spacial score (nSPS) is 12.1. The van der Waals surface area contributed by atoms with Gasteiger partial charge in [-0.1, -0.05) is 36.8 Å². The molecule has 0 radical (unpaired) electrons. The minimum Gasteiger partial charge on any atom is -0.507 e. The molecular formula is C29H24Br4O4. The topological polar surface area (TPSA) is 80.9 Å². The second-order valence-corrected chi connectivity index (χ2v) is 12.3. The van der Waals surface area contributed by atoms with E-state index in [2.05, 4.69) is 63.7 Å². The predicted molar refractivity (Wildman–Crippen MR) is 161 cm³/mol. The fraction of sp³-hybridized carbons (Fsp3) is 0.172. The summed E-state index contributed by atoms with van der Waals surface area (Å²) in [6, 6.07) is 22.1. The van der Waals surface area contributed by atoms with Gasteiger partial charge in [-0.15, -0.1) is 0 Å². The first-order valence-corrected chi connectivity index (χ1v) is 14.8. The molecule has 0 heterocycles. The van der Waals surface area contributed by atoms with Crippen LogP contribution in [0.5, 0.6) is 23.0 Å². The summed E-state index contributed by atoms with van der Waals surface area (Å²) in [5.74, 6) is 0.635. The highest BCUT2D eigenvalue weighted by Crippen LogP contribution is 2.42. The van der Waals surface area contributed by atoms with Gasteiger partial charge in [0.25, 0.3) is 0 Å². The van der Waals surface area contributed by atoms with Crippen molar-refractivity contribution in [1.82, 2.24) is 0 Å². The Hall–Kier alpha value is -2.00. The Morgan fingerprint density at radius 3 is 1.41 bits per heavy atom. The van der Waals surface area contributed by atoms with Crippen LogP contribution in [-0.2, 0) is 0 Å². The first kappa shape index (κ1) is 28.0. The molecule has 1 atom stereocenters. The second-order valence-electron chi connectivity index (χ2n) is 8.85. The van der Waals surface area contributed by atoms with Crippen LogP contribution in [0.25, 0.3) is 0 Å². The number of halogens is 4. The molecule has 0 aliphatic heterocycles. The van der Waals surface area contributed by atoms with Gasteiger partial charge < -0.3 is 20.4 Å². The number of rotatable bonds is 8. The monoisotopic (exact) mass is 752 g/mol. The van der Waals surface area contributed by atoms with Crippen molar-refractivity contribution in [3.8, 4) is 23.0 Å². The molecule has 0 saturated heterocycles. The minimum absolute atomic E-state index is 0.0112. The summed E-state index contributed by atoms with van der Waals surface area (Å²) in [5, 5.41) is 41.0. The Morgan fingerprint density at radius 1 is 0.514 bits per heavy atom. The van der Waals surface area contributed by atoms with Crippen LogP contribution in [0.15, 0.2) is 90.7 Å². The fourth-order valence-corrected chi connectivity index (χ4v) is 6.16. The summed E-state index contributed by atoms with van der Waals surface area (Å²) in [6.45, 7) is 0. The van der Waals surface area contributed by atoms with Crippen LogP contribution in [0.2, 0.25) is 0 Å². The van der Waals surface area contributed by atoms with E-state index < -0.39 is 0 Å². The molecule has 4 rings (SSSR count). The maximum Gasteiger partial charge on any atom is 0.133 e. The molecule has 1 unspecified atom stereocenters. The molecule has 4 nitrogen and oxygen atoms in total. The number of aromatic hydroxyl groups is 4. The molecule has 0 amide bonds. The summed E-state index contributed by atoms with van der Waals surface area (Å²) in [5.41, 5.74) is 3.87. The molecule has 0 saturated carbocycles. The standard InChI is InChI=1S/C29H24Br4O4/c30-22-6-2-5-21(29(22)37)20(18-9-12-28(36)25(33)15-18)4-1-3-19(16-7-10-26(34)23(31)13-16)17-8-11-27(35)24(32)14-17/h2,5-15,19-20,34-37H,1,3-4H2. The zero-order valence-corrected chi connectivity index (χ0v) is 25.8. The van der Waals surface area contributed by atoms with E-state index in [1.165, 1.54) is 0 Å². The molecule has 8 heteroatoms. The smallest absolute Gasteiger partial charge is 0.133 e. The highest BCUT2D eigenvalue weighted by molar-refractivity contribution is 9.11. The lowest BCUT2D eigenvalue weighted by molar-refractivity contribution is 0.456. The van der Waals surface area contributed by atoms with E-state index >= 15 is 0 Å². The molecule has 37 heavy (non-hydrogen) atoms. The van der Waals surface area contributed by atoms with Crippen molar-refractivity contribution in [2.24, 2.45) is 0 Å². The van der Waals surface area contributed by atoms with Crippen LogP contribution in [0.1, 0.15) is 53.4 Å². The van der Waals surface area contributed by atoms with E-state index in [-0.39, 0.29) is 34.8 Å². The molecule has 4 N–H and O–H groups in total. The molecule has 0 aromatic heterocycles. The van der Waals surface area contributed by atoms with Crippen molar-refractivity contribution in [1.29, 1.82) is 0 Å². The maximum atomic E-state index is 10.9. The Balaban J connectivity index is 1.67. The van der Waals surface area contributed by atoms with Gasteiger partial charge in [0.05, 0.1) is 17.9 Å². The second kappa shape index (κ2) is 12.2. The number of benzene rings is 4. The van der Waals surface area contributed by atoms with Gasteiger partial charge in [-0.25, -0.2) is 0 Å². The maximum absolute atomic E-state index is 10.9. The number of phenols is 4. The Labute approximate surface area is 249 Å². The van der Waals surface area contributed by atoms with E-state index in [1.807, 2.05) is 54.6 Å². The van der Waals surface area contributed by atoms with Gasteiger partial charge in [-0.3, -0.25) is 0 Å². The summed E-state index contributed by atoms with van der Waals surface area (Å²) >= 11 is 13.7. The summed E-state index contributed by atoms with van der Waals surface area (Å²) in [6.07, 6.45) is 2.35. The molecule has 0 spiro atoms. The van der Waals surface area contributed by atoms with Crippen molar-refractivity contribution in [2.45, 2.75) is 31.1 Å². The number of phenolic OH excluding ortho intramolecular Hbond substituents is 4. The van der Waals surface area contributed by atoms with Gasteiger partial charge in [0, 0.05) is 17.4 Å². The minimum atomic E-state index is -0.104. The predicted octanol–water partition coefficient (Wildman–Crippen LogP) is 9.69. The van der Waals surface area contributed by atoms with Crippen molar-refractivity contribution >= 4 is 63.7 Å². The van der Waals surface area contributed by atoms with Gasteiger partial charge in [-0.2, -0.15) is 0 Å². The molecule has 0 fully saturated rings. The molecule has 4 aromatic carbocycles. The average molecular weight is 756 g/mol. The zero-order valence-electron chi connectivity index (χ0n) is 19.5. The molecular weight excluding hydrogens is 732 g/mol. The lowest BCUT2D eigenvalue weighted by atomic mass is 9.82. The van der Waals surface area contributed by atoms with E-state index in [1.54, 1.807) is 18.2 Å². The van der Waals surface area contributed by atoms with Crippen molar-refractivity contribution < 1.29 is 20.4 Å². The lowest BCUT2D eigenvalue weighted by Gasteiger charge is -2.23. The molecule has 0 aliphatic rings. The third kappa shape index (κ3) is 6.53.